The summed E-state index contributed by atoms with van der Waals surface area (Å²) in [5.41, 5.74) is 1.71. The van der Waals surface area contributed by atoms with Gasteiger partial charge in [-0.05, 0) is 31.1 Å². The van der Waals surface area contributed by atoms with Crippen molar-refractivity contribution >= 4 is 11.5 Å². The Balaban J connectivity index is 2.86. The number of hydrogen-bond donors (Lipinski definition) is 0. The van der Waals surface area contributed by atoms with Crippen LogP contribution >= 0.6 is 0 Å². The molecule has 86 valence electrons. The van der Waals surface area contributed by atoms with Crippen LogP contribution in [0.3, 0.4) is 0 Å². The average molecular weight is 221 g/mol. The van der Waals surface area contributed by atoms with Crippen LogP contribution in [0.5, 0.6) is 5.88 Å². The molecule has 0 saturated carbocycles. The predicted molar refractivity (Wildman–Crippen MR) is 61.1 cm³/mol. The quantitative estimate of drug-likeness (QED) is 0.576. The zero-order valence-electron chi connectivity index (χ0n) is 9.69. The summed E-state index contributed by atoms with van der Waals surface area (Å²) in [5, 5.41) is 0. The van der Waals surface area contributed by atoms with Gasteiger partial charge in [0.25, 0.3) is 0 Å². The van der Waals surface area contributed by atoms with Gasteiger partial charge in [-0.15, -0.1) is 0 Å². The minimum Gasteiger partial charge on any atom is -0.481 e. The van der Waals surface area contributed by atoms with Crippen molar-refractivity contribution in [1.82, 2.24) is 4.98 Å². The number of allylic oxidation sites excluding steroid dienone is 1. The van der Waals surface area contributed by atoms with Gasteiger partial charge < -0.3 is 9.47 Å². The monoisotopic (exact) mass is 221 g/mol. The number of rotatable bonds is 4. The lowest BCUT2D eigenvalue weighted by atomic mass is 10.1. The lowest BCUT2D eigenvalue weighted by Crippen LogP contribution is -2.00. The highest BCUT2D eigenvalue weighted by atomic mass is 16.5. The van der Waals surface area contributed by atoms with Crippen molar-refractivity contribution in [2.75, 3.05) is 13.7 Å². The molecule has 0 unspecified atom stereocenters. The molecule has 0 radical (unpaired) electrons. The van der Waals surface area contributed by atoms with E-state index in [1.54, 1.807) is 26.3 Å². The number of carbonyl (C=O) groups is 1. The summed E-state index contributed by atoms with van der Waals surface area (Å²) in [5.74, 6) is 0.185. The molecule has 1 rings (SSSR count). The van der Waals surface area contributed by atoms with Gasteiger partial charge in [-0.3, -0.25) is 0 Å². The highest BCUT2D eigenvalue weighted by Gasteiger charge is 2.02. The average Bonchev–Trinajstić information content (AvgIpc) is 2.29. The largest absolute Gasteiger partial charge is 0.481 e. The molecular weight excluding hydrogens is 206 g/mol. The maximum absolute atomic E-state index is 11.2. The Labute approximate surface area is 94.9 Å². The molecule has 0 aliphatic carbocycles. The second-order valence-electron chi connectivity index (χ2n) is 3.17. The number of methoxy groups -OCH3 is 1. The van der Waals surface area contributed by atoms with Crippen molar-refractivity contribution in [2.45, 2.75) is 13.8 Å². The lowest BCUT2D eigenvalue weighted by Gasteiger charge is -2.03. The smallest absolute Gasteiger partial charge is 0.331 e. The molecule has 0 saturated heterocycles. The van der Waals surface area contributed by atoms with Gasteiger partial charge in [-0.1, -0.05) is 0 Å². The highest BCUT2D eigenvalue weighted by Crippen LogP contribution is 2.17. The summed E-state index contributed by atoms with van der Waals surface area (Å²) in [4.78, 5) is 15.2. The third-order valence-electron chi connectivity index (χ3n) is 2.02. The Morgan fingerprint density at radius 2 is 2.31 bits per heavy atom. The summed E-state index contributed by atoms with van der Waals surface area (Å²) in [6.45, 7) is 3.99. The first-order valence-corrected chi connectivity index (χ1v) is 5.02. The maximum atomic E-state index is 11.2. The van der Waals surface area contributed by atoms with E-state index >= 15 is 0 Å². The minimum atomic E-state index is -0.337. The van der Waals surface area contributed by atoms with E-state index < -0.39 is 0 Å². The van der Waals surface area contributed by atoms with Crippen LogP contribution in [0.25, 0.3) is 5.57 Å². The van der Waals surface area contributed by atoms with Gasteiger partial charge in [0.15, 0.2) is 0 Å². The van der Waals surface area contributed by atoms with E-state index in [2.05, 4.69) is 4.98 Å². The molecule has 0 N–H and O–H groups in total. The van der Waals surface area contributed by atoms with Crippen molar-refractivity contribution in [3.63, 3.8) is 0 Å². The number of aromatic nitrogens is 1. The Morgan fingerprint density at radius 3 is 2.94 bits per heavy atom. The Hall–Kier alpha value is -1.84. The van der Waals surface area contributed by atoms with Gasteiger partial charge in [0.05, 0.1) is 13.7 Å². The number of carbonyl (C=O) groups excluding carboxylic acids is 1. The zero-order valence-corrected chi connectivity index (χ0v) is 9.69. The van der Waals surface area contributed by atoms with E-state index in [1.807, 2.05) is 13.0 Å². The maximum Gasteiger partial charge on any atom is 0.331 e. The molecule has 0 bridgehead atoms. The fourth-order valence-corrected chi connectivity index (χ4v) is 1.21. The van der Waals surface area contributed by atoms with E-state index in [4.69, 9.17) is 9.47 Å². The van der Waals surface area contributed by atoms with Crippen LogP contribution in [-0.2, 0) is 9.53 Å². The van der Waals surface area contributed by atoms with Gasteiger partial charge in [0.2, 0.25) is 5.88 Å². The van der Waals surface area contributed by atoms with Gasteiger partial charge in [0, 0.05) is 18.3 Å². The van der Waals surface area contributed by atoms with Gasteiger partial charge in [0.1, 0.15) is 0 Å². The van der Waals surface area contributed by atoms with Crippen LogP contribution in [0.4, 0.5) is 0 Å². The number of hydrogen-bond acceptors (Lipinski definition) is 4. The van der Waals surface area contributed by atoms with Crippen LogP contribution in [0.2, 0.25) is 0 Å². The lowest BCUT2D eigenvalue weighted by molar-refractivity contribution is -0.137. The van der Waals surface area contributed by atoms with Crippen LogP contribution < -0.4 is 4.74 Å². The Bertz CT molecular complexity index is 399. The first-order valence-electron chi connectivity index (χ1n) is 5.02. The van der Waals surface area contributed by atoms with Crippen LogP contribution in [0.1, 0.15) is 19.4 Å². The molecule has 0 aliphatic heterocycles. The first-order chi connectivity index (χ1) is 7.67. The van der Waals surface area contributed by atoms with Crippen molar-refractivity contribution in [1.29, 1.82) is 0 Å². The summed E-state index contributed by atoms with van der Waals surface area (Å²) in [6, 6.07) is 3.58. The van der Waals surface area contributed by atoms with Crippen molar-refractivity contribution < 1.29 is 14.3 Å². The summed E-state index contributed by atoms with van der Waals surface area (Å²) in [6.07, 6.45) is 3.09. The van der Waals surface area contributed by atoms with E-state index in [-0.39, 0.29) is 5.97 Å². The fourth-order valence-electron chi connectivity index (χ4n) is 1.21. The normalized spacial score (nSPS) is 11.1. The summed E-state index contributed by atoms with van der Waals surface area (Å²) in [7, 11) is 1.55. The van der Waals surface area contributed by atoms with E-state index in [0.717, 1.165) is 11.1 Å². The van der Waals surface area contributed by atoms with Crippen molar-refractivity contribution in [3.05, 3.63) is 30.0 Å². The first kappa shape index (κ1) is 12.2. The molecule has 4 heteroatoms. The number of esters is 1. The summed E-state index contributed by atoms with van der Waals surface area (Å²) < 4.78 is 9.83. The van der Waals surface area contributed by atoms with Gasteiger partial charge in [-0.25, -0.2) is 9.78 Å². The topological polar surface area (TPSA) is 48.4 Å². The third kappa shape index (κ3) is 3.38. The molecule has 0 aliphatic rings. The Morgan fingerprint density at radius 1 is 1.56 bits per heavy atom. The van der Waals surface area contributed by atoms with Crippen LogP contribution in [0, 0.1) is 0 Å². The summed E-state index contributed by atoms with van der Waals surface area (Å²) >= 11 is 0. The third-order valence-corrected chi connectivity index (χ3v) is 2.02. The molecule has 4 nitrogen and oxygen atoms in total. The SMILES string of the molecule is CCOC(=O)/C=C(\C)c1ccnc(OC)c1. The van der Waals surface area contributed by atoms with Crippen molar-refractivity contribution in [3.8, 4) is 5.88 Å². The molecule has 1 aromatic rings. The predicted octanol–water partition coefficient (Wildman–Crippen LogP) is 2.06. The van der Waals surface area contributed by atoms with E-state index in [9.17, 15) is 4.79 Å². The molecule has 0 fully saturated rings. The molecule has 16 heavy (non-hydrogen) atoms. The standard InChI is InChI=1S/C12H15NO3/c1-4-16-12(14)7-9(2)10-5-6-13-11(8-10)15-3/h5-8H,4H2,1-3H3/b9-7+. The number of nitrogens with zero attached hydrogens (tertiary/aromatic N) is 1. The zero-order chi connectivity index (χ0) is 12.0. The molecule has 1 heterocycles. The molecular formula is C12H15NO3. The highest BCUT2D eigenvalue weighted by molar-refractivity contribution is 5.90. The van der Waals surface area contributed by atoms with Crippen LogP contribution in [-0.4, -0.2) is 24.7 Å². The fraction of sp³-hybridized carbons (Fsp3) is 0.333. The Kier molecular flexibility index (Phi) is 4.51. The second kappa shape index (κ2) is 5.90. The number of ether oxygens (including phenoxy) is 2. The van der Waals surface area contributed by atoms with Gasteiger partial charge in [-0.2, -0.15) is 0 Å². The van der Waals surface area contributed by atoms with E-state index in [1.165, 1.54) is 6.08 Å². The molecule has 0 atom stereocenters. The van der Waals surface area contributed by atoms with Gasteiger partial charge >= 0.3 is 5.97 Å². The van der Waals surface area contributed by atoms with Crippen LogP contribution in [0.15, 0.2) is 24.4 Å². The second-order valence-corrected chi connectivity index (χ2v) is 3.17. The molecule has 0 spiro atoms. The molecule has 0 amide bonds. The number of pyridine rings is 1. The van der Waals surface area contributed by atoms with Crippen molar-refractivity contribution in [2.24, 2.45) is 0 Å². The minimum absolute atomic E-state index is 0.337. The molecule has 0 aromatic carbocycles. The molecule has 1 aromatic heterocycles. The van der Waals surface area contributed by atoms with E-state index in [0.29, 0.717) is 12.5 Å².